The smallest absolute Gasteiger partial charge is 0.328 e. The highest BCUT2D eigenvalue weighted by Gasteiger charge is 2.10. The Labute approximate surface area is 171 Å². The zero-order chi connectivity index (χ0) is 19.9. The second-order valence-electron chi connectivity index (χ2n) is 5.35. The predicted octanol–water partition coefficient (Wildman–Crippen LogP) is 5.04. The van der Waals surface area contributed by atoms with Crippen molar-refractivity contribution in [3.8, 4) is 23.5 Å². The molecule has 1 heterocycles. The van der Waals surface area contributed by atoms with Crippen LogP contribution in [0.25, 0.3) is 0 Å². The molecular weight excluding hydrogens is 403 g/mol. The van der Waals surface area contributed by atoms with Crippen LogP contribution in [0.5, 0.6) is 23.5 Å². The van der Waals surface area contributed by atoms with Crippen molar-refractivity contribution in [1.29, 1.82) is 0 Å². The topological polar surface area (TPSA) is 77.9 Å². The molecule has 0 radical (unpaired) electrons. The lowest BCUT2D eigenvalue weighted by atomic mass is 10.2. The van der Waals surface area contributed by atoms with Gasteiger partial charge in [0.05, 0.1) is 42.2 Å². The number of para-hydroxylation sites is 1. The zero-order valence-electron chi connectivity index (χ0n) is 15.0. The molecule has 0 aliphatic heterocycles. The molecule has 0 atom stereocenters. The molecule has 1 N–H and O–H groups in total. The minimum atomic E-state index is 0.0860. The molecule has 3 aromatic rings. The van der Waals surface area contributed by atoms with Gasteiger partial charge in [-0.1, -0.05) is 41.4 Å². The third-order valence-corrected chi connectivity index (χ3v) is 4.36. The molecular formula is C19H16Cl2N4O3. The Hall–Kier alpha value is -3.03. The fourth-order valence-electron chi connectivity index (χ4n) is 2.18. The Kier molecular flexibility index (Phi) is 6.52. The number of ether oxygens (including phenoxy) is 3. The molecule has 9 heteroatoms. The number of nitrogens with zero attached hydrogens (tertiary/aromatic N) is 3. The number of halogens is 2. The van der Waals surface area contributed by atoms with Gasteiger partial charge in [0.25, 0.3) is 0 Å². The third kappa shape index (κ3) is 4.82. The van der Waals surface area contributed by atoms with Gasteiger partial charge in [-0.3, -0.25) is 5.43 Å². The highest BCUT2D eigenvalue weighted by molar-refractivity contribution is 6.43. The summed E-state index contributed by atoms with van der Waals surface area (Å²) in [6, 6.07) is 14.2. The maximum absolute atomic E-state index is 6.14. The van der Waals surface area contributed by atoms with Crippen molar-refractivity contribution in [3.63, 3.8) is 0 Å². The molecule has 0 aliphatic rings. The van der Waals surface area contributed by atoms with Crippen LogP contribution in [0, 0.1) is 0 Å². The molecule has 0 unspecified atom stereocenters. The second kappa shape index (κ2) is 9.25. The van der Waals surface area contributed by atoms with E-state index in [1.165, 1.54) is 14.2 Å². The molecule has 0 bridgehead atoms. The SMILES string of the molecule is COc1cc(OC)nc(Oc2ccccc2C=NNc2cccc(Cl)c2Cl)n1. The van der Waals surface area contributed by atoms with E-state index in [9.17, 15) is 0 Å². The largest absolute Gasteiger partial charge is 0.481 e. The highest BCUT2D eigenvalue weighted by atomic mass is 35.5. The lowest BCUT2D eigenvalue weighted by Crippen LogP contribution is -2.00. The molecule has 7 nitrogen and oxygen atoms in total. The number of aromatic nitrogens is 2. The van der Waals surface area contributed by atoms with Crippen LogP contribution in [-0.4, -0.2) is 30.4 Å². The number of anilines is 1. The number of hydrogen-bond donors (Lipinski definition) is 1. The number of methoxy groups -OCH3 is 2. The van der Waals surface area contributed by atoms with Crippen molar-refractivity contribution in [2.75, 3.05) is 19.6 Å². The van der Waals surface area contributed by atoms with E-state index >= 15 is 0 Å². The van der Waals surface area contributed by atoms with Gasteiger partial charge in [0.2, 0.25) is 11.8 Å². The van der Waals surface area contributed by atoms with Gasteiger partial charge < -0.3 is 14.2 Å². The summed E-state index contributed by atoms with van der Waals surface area (Å²) in [6.07, 6.45) is 1.59. The first kappa shape index (κ1) is 19.7. The minimum absolute atomic E-state index is 0.0860. The van der Waals surface area contributed by atoms with Gasteiger partial charge >= 0.3 is 6.01 Å². The van der Waals surface area contributed by atoms with E-state index in [1.54, 1.807) is 36.5 Å². The molecule has 0 saturated heterocycles. The van der Waals surface area contributed by atoms with Crippen molar-refractivity contribution in [2.24, 2.45) is 5.10 Å². The summed E-state index contributed by atoms with van der Waals surface area (Å²) in [4.78, 5) is 8.32. The van der Waals surface area contributed by atoms with Gasteiger partial charge in [-0.05, 0) is 24.3 Å². The average molecular weight is 419 g/mol. The summed E-state index contributed by atoms with van der Waals surface area (Å²) in [5.74, 6) is 1.15. The van der Waals surface area contributed by atoms with Gasteiger partial charge in [0, 0.05) is 5.56 Å². The monoisotopic (exact) mass is 418 g/mol. The van der Waals surface area contributed by atoms with E-state index in [2.05, 4.69) is 20.5 Å². The number of nitrogens with one attached hydrogen (secondary N) is 1. The number of rotatable bonds is 7. The van der Waals surface area contributed by atoms with E-state index < -0.39 is 0 Å². The molecule has 0 amide bonds. The number of benzene rings is 2. The Bertz CT molecular complexity index is 976. The highest BCUT2D eigenvalue weighted by Crippen LogP contribution is 2.30. The van der Waals surface area contributed by atoms with Gasteiger partial charge in [-0.15, -0.1) is 0 Å². The average Bonchev–Trinajstić information content (AvgIpc) is 2.72. The fourth-order valence-corrected chi connectivity index (χ4v) is 2.52. The van der Waals surface area contributed by atoms with Crippen molar-refractivity contribution < 1.29 is 14.2 Å². The molecule has 1 aromatic heterocycles. The van der Waals surface area contributed by atoms with Crippen LogP contribution in [0.15, 0.2) is 53.6 Å². The lowest BCUT2D eigenvalue weighted by molar-refractivity contribution is 0.348. The van der Waals surface area contributed by atoms with Crippen LogP contribution in [0.1, 0.15) is 5.56 Å². The summed E-state index contributed by atoms with van der Waals surface area (Å²) >= 11 is 12.1. The van der Waals surface area contributed by atoms with Crippen LogP contribution in [0.3, 0.4) is 0 Å². The maximum Gasteiger partial charge on any atom is 0.328 e. The Morgan fingerprint density at radius 2 is 1.68 bits per heavy atom. The molecule has 3 rings (SSSR count). The lowest BCUT2D eigenvalue weighted by Gasteiger charge is -2.09. The number of hydrazone groups is 1. The molecule has 0 saturated carbocycles. The van der Waals surface area contributed by atoms with E-state index in [0.29, 0.717) is 38.8 Å². The minimum Gasteiger partial charge on any atom is -0.481 e. The normalized spacial score (nSPS) is 10.7. The Balaban J connectivity index is 1.81. The first-order valence-electron chi connectivity index (χ1n) is 8.07. The van der Waals surface area contributed by atoms with Crippen molar-refractivity contribution in [2.45, 2.75) is 0 Å². The molecule has 0 fully saturated rings. The summed E-state index contributed by atoms with van der Waals surface area (Å²) < 4.78 is 16.1. The van der Waals surface area contributed by atoms with E-state index in [0.717, 1.165) is 0 Å². The predicted molar refractivity (Wildman–Crippen MR) is 109 cm³/mol. The standard InChI is InChI=1S/C19H16Cl2N4O3/c1-26-16-10-17(27-2)24-19(23-16)28-15-9-4-3-6-12(15)11-22-25-14-8-5-7-13(20)18(14)21/h3-11,25H,1-2H3. The Morgan fingerprint density at radius 3 is 2.39 bits per heavy atom. The Morgan fingerprint density at radius 1 is 0.964 bits per heavy atom. The van der Waals surface area contributed by atoms with Crippen LogP contribution in [0.4, 0.5) is 5.69 Å². The summed E-state index contributed by atoms with van der Waals surface area (Å²) in [5, 5.41) is 5.03. The summed E-state index contributed by atoms with van der Waals surface area (Å²) in [7, 11) is 3.00. The van der Waals surface area contributed by atoms with Gasteiger partial charge in [0.15, 0.2) is 0 Å². The molecule has 28 heavy (non-hydrogen) atoms. The molecule has 0 spiro atoms. The van der Waals surface area contributed by atoms with Gasteiger partial charge in [0.1, 0.15) is 5.75 Å². The molecule has 2 aromatic carbocycles. The van der Waals surface area contributed by atoms with E-state index in [4.69, 9.17) is 37.4 Å². The molecule has 0 aliphatic carbocycles. The van der Waals surface area contributed by atoms with Crippen LogP contribution < -0.4 is 19.6 Å². The van der Waals surface area contributed by atoms with Gasteiger partial charge in [-0.25, -0.2) is 0 Å². The van der Waals surface area contributed by atoms with Gasteiger partial charge in [-0.2, -0.15) is 15.1 Å². The quantitative estimate of drug-likeness (QED) is 0.427. The van der Waals surface area contributed by atoms with Crippen molar-refractivity contribution >= 4 is 35.1 Å². The van der Waals surface area contributed by atoms with Crippen molar-refractivity contribution in [1.82, 2.24) is 9.97 Å². The summed E-state index contributed by atoms with van der Waals surface area (Å²) in [5.41, 5.74) is 4.14. The first-order valence-corrected chi connectivity index (χ1v) is 8.83. The fraction of sp³-hybridized carbons (Fsp3) is 0.105. The van der Waals surface area contributed by atoms with Crippen molar-refractivity contribution in [3.05, 3.63) is 64.1 Å². The van der Waals surface area contributed by atoms with Crippen LogP contribution >= 0.6 is 23.2 Å². The first-order chi connectivity index (χ1) is 13.6. The second-order valence-corrected chi connectivity index (χ2v) is 6.13. The van der Waals surface area contributed by atoms with Crippen LogP contribution in [-0.2, 0) is 0 Å². The third-order valence-electron chi connectivity index (χ3n) is 3.54. The molecule has 144 valence electrons. The number of hydrogen-bond acceptors (Lipinski definition) is 7. The van der Waals surface area contributed by atoms with Crippen LogP contribution in [0.2, 0.25) is 10.0 Å². The maximum atomic E-state index is 6.14. The zero-order valence-corrected chi connectivity index (χ0v) is 16.5. The summed E-state index contributed by atoms with van der Waals surface area (Å²) in [6.45, 7) is 0. The van der Waals surface area contributed by atoms with E-state index in [-0.39, 0.29) is 6.01 Å². The van der Waals surface area contributed by atoms with E-state index in [1.807, 2.05) is 18.2 Å².